The van der Waals surface area contributed by atoms with Gasteiger partial charge in [0.25, 0.3) is 0 Å². The number of rotatable bonds is 2. The summed E-state index contributed by atoms with van der Waals surface area (Å²) in [6.45, 7) is 4.62. The highest BCUT2D eigenvalue weighted by Gasteiger charge is 2.22. The molecule has 2 aromatic rings. The predicted octanol–water partition coefficient (Wildman–Crippen LogP) is 3.78. The van der Waals surface area contributed by atoms with Crippen LogP contribution in [0.1, 0.15) is 37.8 Å². The first-order chi connectivity index (χ1) is 8.88. The van der Waals surface area contributed by atoms with Crippen LogP contribution in [0.5, 0.6) is 0 Å². The zero-order valence-electron chi connectivity index (χ0n) is 11.0. The number of hydrogen-bond donors (Lipinski definition) is 0. The molecular formula is C16H20N2. The molecule has 0 unspecified atom stereocenters. The zero-order valence-corrected chi connectivity index (χ0v) is 11.0. The van der Waals surface area contributed by atoms with E-state index in [9.17, 15) is 0 Å². The fourth-order valence-corrected chi connectivity index (χ4v) is 3.02. The first-order valence-corrected chi connectivity index (χ1v) is 6.97. The first kappa shape index (κ1) is 11.7. The summed E-state index contributed by atoms with van der Waals surface area (Å²) in [4.78, 5) is 7.18. The normalized spacial score (nSPS) is 21.3. The number of para-hydroxylation sites is 1. The number of fused-ring (bicyclic) bond motifs is 1. The van der Waals surface area contributed by atoms with Crippen molar-refractivity contribution >= 4 is 10.9 Å². The van der Waals surface area contributed by atoms with Crippen LogP contribution in [0, 0.1) is 0 Å². The molecule has 2 nitrogen and oxygen atoms in total. The van der Waals surface area contributed by atoms with Crippen molar-refractivity contribution in [3.05, 3.63) is 42.1 Å². The molecule has 1 saturated heterocycles. The number of likely N-dealkylation sites (tertiary alicyclic amines) is 1. The Morgan fingerprint density at radius 3 is 3.06 bits per heavy atom. The molecule has 94 valence electrons. The van der Waals surface area contributed by atoms with Crippen LogP contribution in [-0.2, 0) is 0 Å². The Hall–Kier alpha value is -1.41. The third-order valence-electron chi connectivity index (χ3n) is 4.02. The molecule has 1 aliphatic heterocycles. The summed E-state index contributed by atoms with van der Waals surface area (Å²) in [6.07, 6.45) is 6.02. The minimum atomic E-state index is 0.570. The van der Waals surface area contributed by atoms with Crippen molar-refractivity contribution in [2.45, 2.75) is 32.2 Å². The van der Waals surface area contributed by atoms with E-state index in [0.717, 1.165) is 12.1 Å². The molecule has 1 aliphatic rings. The first-order valence-electron chi connectivity index (χ1n) is 6.97. The Bertz CT molecular complexity index is 535. The van der Waals surface area contributed by atoms with Gasteiger partial charge >= 0.3 is 0 Å². The molecule has 3 rings (SSSR count). The van der Waals surface area contributed by atoms with Gasteiger partial charge in [-0.2, -0.15) is 0 Å². The van der Waals surface area contributed by atoms with E-state index in [0.29, 0.717) is 6.04 Å². The van der Waals surface area contributed by atoms with Crippen molar-refractivity contribution in [1.82, 2.24) is 9.88 Å². The van der Waals surface area contributed by atoms with Gasteiger partial charge < -0.3 is 0 Å². The number of aromatic nitrogens is 1. The fraction of sp³-hybridized carbons (Fsp3) is 0.438. The standard InChI is InChI=1S/C16H20N2/c1-2-18-10-6-5-9-16(18)14-11-13-7-3-4-8-15(13)17-12-14/h3-4,7-8,11-12,16H,2,5-6,9-10H2,1H3/t16-/m1/s1. The lowest BCUT2D eigenvalue weighted by Crippen LogP contribution is -2.33. The van der Waals surface area contributed by atoms with Crippen LogP contribution in [0.15, 0.2) is 36.5 Å². The van der Waals surface area contributed by atoms with Crippen molar-refractivity contribution in [2.75, 3.05) is 13.1 Å². The molecule has 2 heterocycles. The van der Waals surface area contributed by atoms with Gasteiger partial charge in [0.1, 0.15) is 0 Å². The second-order valence-electron chi connectivity index (χ2n) is 5.10. The predicted molar refractivity (Wildman–Crippen MR) is 75.6 cm³/mol. The maximum Gasteiger partial charge on any atom is 0.0702 e. The van der Waals surface area contributed by atoms with Crippen LogP contribution < -0.4 is 0 Å². The van der Waals surface area contributed by atoms with E-state index in [4.69, 9.17) is 0 Å². The molecule has 0 spiro atoms. The van der Waals surface area contributed by atoms with Gasteiger partial charge in [-0.05, 0) is 43.6 Å². The van der Waals surface area contributed by atoms with E-state index in [1.165, 1.54) is 36.8 Å². The number of piperidine rings is 1. The van der Waals surface area contributed by atoms with E-state index >= 15 is 0 Å². The Balaban J connectivity index is 1.97. The van der Waals surface area contributed by atoms with E-state index in [-0.39, 0.29) is 0 Å². The summed E-state index contributed by atoms with van der Waals surface area (Å²) in [5, 5.41) is 1.26. The van der Waals surface area contributed by atoms with Crippen LogP contribution in [-0.4, -0.2) is 23.0 Å². The van der Waals surface area contributed by atoms with E-state index in [1.54, 1.807) is 0 Å². The minimum Gasteiger partial charge on any atom is -0.297 e. The molecule has 0 radical (unpaired) electrons. The van der Waals surface area contributed by atoms with Gasteiger partial charge in [0.15, 0.2) is 0 Å². The Morgan fingerprint density at radius 2 is 2.17 bits per heavy atom. The van der Waals surface area contributed by atoms with Crippen molar-refractivity contribution in [1.29, 1.82) is 0 Å². The number of benzene rings is 1. The third kappa shape index (κ3) is 2.13. The maximum atomic E-state index is 4.60. The summed E-state index contributed by atoms with van der Waals surface area (Å²) in [6, 6.07) is 11.3. The Kier molecular flexibility index (Phi) is 3.28. The molecule has 1 atom stereocenters. The van der Waals surface area contributed by atoms with Crippen molar-refractivity contribution in [3.63, 3.8) is 0 Å². The largest absolute Gasteiger partial charge is 0.297 e. The van der Waals surface area contributed by atoms with Crippen LogP contribution in [0.2, 0.25) is 0 Å². The van der Waals surface area contributed by atoms with Crippen LogP contribution in [0.4, 0.5) is 0 Å². The number of hydrogen-bond acceptors (Lipinski definition) is 2. The molecule has 1 aromatic carbocycles. The highest BCUT2D eigenvalue weighted by molar-refractivity contribution is 5.78. The minimum absolute atomic E-state index is 0.570. The van der Waals surface area contributed by atoms with Gasteiger partial charge in [-0.3, -0.25) is 9.88 Å². The lowest BCUT2D eigenvalue weighted by atomic mass is 9.95. The molecule has 0 bridgehead atoms. The number of nitrogens with zero attached hydrogens (tertiary/aromatic N) is 2. The van der Waals surface area contributed by atoms with Gasteiger partial charge in [-0.25, -0.2) is 0 Å². The molecule has 0 aliphatic carbocycles. The number of pyridine rings is 1. The summed E-state index contributed by atoms with van der Waals surface area (Å²) < 4.78 is 0. The smallest absolute Gasteiger partial charge is 0.0702 e. The summed E-state index contributed by atoms with van der Waals surface area (Å²) in [5.41, 5.74) is 2.48. The maximum absolute atomic E-state index is 4.60. The molecule has 2 heteroatoms. The molecule has 0 saturated carbocycles. The third-order valence-corrected chi connectivity index (χ3v) is 4.02. The van der Waals surface area contributed by atoms with Gasteiger partial charge in [0.05, 0.1) is 5.52 Å². The summed E-state index contributed by atoms with van der Waals surface area (Å²) >= 11 is 0. The fourth-order valence-electron chi connectivity index (χ4n) is 3.02. The second kappa shape index (κ2) is 5.07. The molecule has 1 aromatic heterocycles. The SMILES string of the molecule is CCN1CCCC[C@@H]1c1cnc2ccccc2c1. The average Bonchev–Trinajstić information content (AvgIpc) is 2.46. The van der Waals surface area contributed by atoms with Crippen molar-refractivity contribution in [3.8, 4) is 0 Å². The van der Waals surface area contributed by atoms with Crippen LogP contribution in [0.25, 0.3) is 10.9 Å². The molecule has 0 amide bonds. The Labute approximate surface area is 109 Å². The topological polar surface area (TPSA) is 16.1 Å². The highest BCUT2D eigenvalue weighted by Crippen LogP contribution is 2.31. The molecular weight excluding hydrogens is 220 g/mol. The highest BCUT2D eigenvalue weighted by atomic mass is 15.2. The van der Waals surface area contributed by atoms with Crippen LogP contribution in [0.3, 0.4) is 0 Å². The monoisotopic (exact) mass is 240 g/mol. The molecule has 0 N–H and O–H groups in total. The van der Waals surface area contributed by atoms with Gasteiger partial charge in [-0.15, -0.1) is 0 Å². The quantitative estimate of drug-likeness (QED) is 0.794. The van der Waals surface area contributed by atoms with Gasteiger partial charge in [0.2, 0.25) is 0 Å². The van der Waals surface area contributed by atoms with Crippen molar-refractivity contribution in [2.24, 2.45) is 0 Å². The van der Waals surface area contributed by atoms with E-state index in [1.807, 2.05) is 6.07 Å². The average molecular weight is 240 g/mol. The zero-order chi connectivity index (χ0) is 12.4. The van der Waals surface area contributed by atoms with Gasteiger partial charge in [-0.1, -0.05) is 31.5 Å². The lowest BCUT2D eigenvalue weighted by Gasteiger charge is -2.35. The summed E-state index contributed by atoms with van der Waals surface area (Å²) in [5.74, 6) is 0. The van der Waals surface area contributed by atoms with Crippen molar-refractivity contribution < 1.29 is 0 Å². The molecule has 18 heavy (non-hydrogen) atoms. The summed E-state index contributed by atoms with van der Waals surface area (Å²) in [7, 11) is 0. The second-order valence-corrected chi connectivity index (χ2v) is 5.10. The van der Waals surface area contributed by atoms with E-state index < -0.39 is 0 Å². The lowest BCUT2D eigenvalue weighted by molar-refractivity contribution is 0.157. The van der Waals surface area contributed by atoms with E-state index in [2.05, 4.69) is 47.3 Å². The Morgan fingerprint density at radius 1 is 1.28 bits per heavy atom. The van der Waals surface area contributed by atoms with Gasteiger partial charge in [0, 0.05) is 17.6 Å². The molecule has 1 fully saturated rings. The van der Waals surface area contributed by atoms with Crippen LogP contribution >= 0.6 is 0 Å².